The first-order chi connectivity index (χ1) is 8.72. The minimum Gasteiger partial charge on any atom is -0.497 e. The molecule has 96 valence electrons. The summed E-state index contributed by atoms with van der Waals surface area (Å²) in [6.07, 6.45) is 0. The zero-order chi connectivity index (χ0) is 13.0. The summed E-state index contributed by atoms with van der Waals surface area (Å²) in [4.78, 5) is 0. The molecule has 1 heterocycles. The van der Waals surface area contributed by atoms with Crippen LogP contribution in [0.25, 0.3) is 0 Å². The van der Waals surface area contributed by atoms with Crippen molar-refractivity contribution < 1.29 is 4.74 Å². The Morgan fingerprint density at radius 3 is 2.89 bits per heavy atom. The molecule has 1 aromatic heterocycles. The molecule has 0 bridgehead atoms. The monoisotopic (exact) mass is 245 g/mol. The van der Waals surface area contributed by atoms with Gasteiger partial charge < -0.3 is 10.1 Å². The van der Waals surface area contributed by atoms with E-state index in [-0.39, 0.29) is 0 Å². The van der Waals surface area contributed by atoms with E-state index in [0.717, 1.165) is 30.4 Å². The van der Waals surface area contributed by atoms with Crippen molar-refractivity contribution in [3.05, 3.63) is 41.6 Å². The first-order valence-corrected chi connectivity index (χ1v) is 6.14. The van der Waals surface area contributed by atoms with Gasteiger partial charge in [-0.05, 0) is 31.5 Å². The number of anilines is 1. The van der Waals surface area contributed by atoms with Crippen LogP contribution in [0.2, 0.25) is 0 Å². The zero-order valence-corrected chi connectivity index (χ0v) is 11.1. The van der Waals surface area contributed by atoms with E-state index in [1.54, 1.807) is 7.11 Å². The fourth-order valence-electron chi connectivity index (χ4n) is 1.90. The molecule has 0 atom stereocenters. The molecule has 0 saturated carbocycles. The third kappa shape index (κ3) is 2.83. The molecule has 0 unspecified atom stereocenters. The van der Waals surface area contributed by atoms with Crippen molar-refractivity contribution in [2.45, 2.75) is 26.9 Å². The zero-order valence-electron chi connectivity index (χ0n) is 11.1. The molecule has 0 radical (unpaired) electrons. The second-order valence-electron chi connectivity index (χ2n) is 4.19. The normalized spacial score (nSPS) is 10.4. The number of aryl methyl sites for hydroxylation is 2. The Morgan fingerprint density at radius 2 is 2.17 bits per heavy atom. The van der Waals surface area contributed by atoms with Crippen molar-refractivity contribution in [2.75, 3.05) is 12.4 Å². The molecule has 0 spiro atoms. The van der Waals surface area contributed by atoms with Crippen molar-refractivity contribution in [1.29, 1.82) is 0 Å². The molecule has 4 heteroatoms. The molecule has 0 aliphatic rings. The number of aromatic nitrogens is 2. The van der Waals surface area contributed by atoms with Crippen LogP contribution < -0.4 is 10.1 Å². The maximum atomic E-state index is 5.21. The smallest absolute Gasteiger partial charge is 0.124 e. The highest BCUT2D eigenvalue weighted by atomic mass is 16.5. The third-order valence-electron chi connectivity index (χ3n) is 2.81. The fraction of sp³-hybridized carbons (Fsp3) is 0.357. The van der Waals surface area contributed by atoms with Gasteiger partial charge in [0, 0.05) is 19.2 Å². The lowest BCUT2D eigenvalue weighted by Gasteiger charge is -2.09. The van der Waals surface area contributed by atoms with Gasteiger partial charge in [0.2, 0.25) is 0 Å². The number of nitrogens with one attached hydrogen (secondary N) is 1. The van der Waals surface area contributed by atoms with E-state index in [4.69, 9.17) is 4.74 Å². The molecule has 0 saturated heterocycles. The summed E-state index contributed by atoms with van der Waals surface area (Å²) in [5, 5.41) is 7.80. The summed E-state index contributed by atoms with van der Waals surface area (Å²) >= 11 is 0. The number of methoxy groups -OCH3 is 1. The number of hydrogen-bond donors (Lipinski definition) is 1. The van der Waals surface area contributed by atoms with Crippen LogP contribution >= 0.6 is 0 Å². The van der Waals surface area contributed by atoms with Crippen molar-refractivity contribution >= 4 is 5.82 Å². The predicted octanol–water partition coefficient (Wildman–Crippen LogP) is 2.83. The molecule has 1 N–H and O–H groups in total. The standard InChI is InChI=1S/C14H19N3O/c1-4-17-14(8-11(2)16-17)15-10-12-6-5-7-13(9-12)18-3/h5-9,15H,4,10H2,1-3H3. The Labute approximate surface area is 108 Å². The molecule has 0 aliphatic carbocycles. The molecule has 2 aromatic rings. The SMILES string of the molecule is CCn1nc(C)cc1NCc1cccc(OC)c1. The second kappa shape index (κ2) is 5.58. The lowest BCUT2D eigenvalue weighted by atomic mass is 10.2. The van der Waals surface area contributed by atoms with Crippen molar-refractivity contribution in [3.63, 3.8) is 0 Å². The number of nitrogens with zero attached hydrogens (tertiary/aromatic N) is 2. The van der Waals surface area contributed by atoms with Crippen LogP contribution in [0, 0.1) is 6.92 Å². The number of ether oxygens (including phenoxy) is 1. The second-order valence-corrected chi connectivity index (χ2v) is 4.19. The molecule has 2 rings (SSSR count). The van der Waals surface area contributed by atoms with E-state index in [9.17, 15) is 0 Å². The Hall–Kier alpha value is -1.97. The van der Waals surface area contributed by atoms with Crippen LogP contribution in [-0.2, 0) is 13.1 Å². The van der Waals surface area contributed by atoms with Crippen LogP contribution in [0.5, 0.6) is 5.75 Å². The van der Waals surface area contributed by atoms with Gasteiger partial charge in [-0.3, -0.25) is 0 Å². The van der Waals surface area contributed by atoms with E-state index in [1.165, 1.54) is 5.56 Å². The maximum absolute atomic E-state index is 5.21. The van der Waals surface area contributed by atoms with Crippen molar-refractivity contribution in [1.82, 2.24) is 9.78 Å². The van der Waals surface area contributed by atoms with Gasteiger partial charge in [0.25, 0.3) is 0 Å². The highest BCUT2D eigenvalue weighted by Crippen LogP contribution is 2.15. The molecule has 0 fully saturated rings. The Kier molecular flexibility index (Phi) is 3.87. The van der Waals surface area contributed by atoms with Gasteiger partial charge in [0.1, 0.15) is 11.6 Å². The molecule has 1 aromatic carbocycles. The van der Waals surface area contributed by atoms with E-state index in [2.05, 4.69) is 29.5 Å². The first-order valence-electron chi connectivity index (χ1n) is 6.14. The summed E-state index contributed by atoms with van der Waals surface area (Å²) in [5.41, 5.74) is 2.22. The van der Waals surface area contributed by atoms with E-state index >= 15 is 0 Å². The lowest BCUT2D eigenvalue weighted by molar-refractivity contribution is 0.414. The quantitative estimate of drug-likeness (QED) is 0.880. The molecule has 18 heavy (non-hydrogen) atoms. The third-order valence-corrected chi connectivity index (χ3v) is 2.81. The van der Waals surface area contributed by atoms with E-state index < -0.39 is 0 Å². The van der Waals surface area contributed by atoms with Gasteiger partial charge >= 0.3 is 0 Å². The van der Waals surface area contributed by atoms with Crippen LogP contribution in [0.1, 0.15) is 18.2 Å². The molecule has 4 nitrogen and oxygen atoms in total. The minimum absolute atomic E-state index is 0.766. The Balaban J connectivity index is 2.06. The van der Waals surface area contributed by atoms with Gasteiger partial charge in [-0.25, -0.2) is 4.68 Å². The summed E-state index contributed by atoms with van der Waals surface area (Å²) < 4.78 is 7.18. The van der Waals surface area contributed by atoms with Gasteiger partial charge in [-0.2, -0.15) is 5.10 Å². The van der Waals surface area contributed by atoms with Crippen molar-refractivity contribution in [3.8, 4) is 5.75 Å². The predicted molar refractivity (Wildman–Crippen MR) is 73.0 cm³/mol. The van der Waals surface area contributed by atoms with Crippen molar-refractivity contribution in [2.24, 2.45) is 0 Å². The van der Waals surface area contributed by atoms with Gasteiger partial charge in [-0.15, -0.1) is 0 Å². The Morgan fingerprint density at radius 1 is 1.33 bits per heavy atom. The highest BCUT2D eigenvalue weighted by Gasteiger charge is 2.03. The summed E-state index contributed by atoms with van der Waals surface area (Å²) in [5.74, 6) is 1.94. The molecule has 0 aliphatic heterocycles. The molecular weight excluding hydrogens is 226 g/mol. The van der Waals surface area contributed by atoms with Crippen LogP contribution in [0.15, 0.2) is 30.3 Å². The number of hydrogen-bond acceptors (Lipinski definition) is 3. The number of rotatable bonds is 5. The summed E-state index contributed by atoms with van der Waals surface area (Å²) in [6.45, 7) is 5.72. The lowest BCUT2D eigenvalue weighted by Crippen LogP contribution is -2.06. The first kappa shape index (κ1) is 12.5. The largest absolute Gasteiger partial charge is 0.497 e. The molecular formula is C14H19N3O. The van der Waals surface area contributed by atoms with Crippen LogP contribution in [-0.4, -0.2) is 16.9 Å². The average Bonchev–Trinajstić information content (AvgIpc) is 2.77. The van der Waals surface area contributed by atoms with Crippen LogP contribution in [0.3, 0.4) is 0 Å². The van der Waals surface area contributed by atoms with Gasteiger partial charge in [-0.1, -0.05) is 12.1 Å². The minimum atomic E-state index is 0.766. The Bertz CT molecular complexity index is 520. The average molecular weight is 245 g/mol. The fourth-order valence-corrected chi connectivity index (χ4v) is 1.90. The maximum Gasteiger partial charge on any atom is 0.124 e. The van der Waals surface area contributed by atoms with E-state index in [0.29, 0.717) is 0 Å². The summed E-state index contributed by atoms with van der Waals surface area (Å²) in [7, 11) is 1.68. The van der Waals surface area contributed by atoms with Gasteiger partial charge in [0.15, 0.2) is 0 Å². The topological polar surface area (TPSA) is 39.1 Å². The highest BCUT2D eigenvalue weighted by molar-refractivity contribution is 5.39. The summed E-state index contributed by atoms with van der Waals surface area (Å²) in [6, 6.07) is 10.1. The van der Waals surface area contributed by atoms with Crippen LogP contribution in [0.4, 0.5) is 5.82 Å². The van der Waals surface area contributed by atoms with Gasteiger partial charge in [0.05, 0.1) is 12.8 Å². The number of benzene rings is 1. The van der Waals surface area contributed by atoms with E-state index in [1.807, 2.05) is 29.8 Å². The molecule has 0 amide bonds.